The Bertz CT molecular complexity index is 95.0. The molecule has 0 spiro atoms. The lowest BCUT2D eigenvalue weighted by Crippen LogP contribution is -2.13. The van der Waals surface area contributed by atoms with Crippen LogP contribution in [0.2, 0.25) is 0 Å². The number of nitrogens with one attached hydrogen (secondary N) is 1. The number of rotatable bonds is 2. The van der Waals surface area contributed by atoms with Gasteiger partial charge in [-0.3, -0.25) is 0 Å². The van der Waals surface area contributed by atoms with Crippen molar-refractivity contribution in [1.82, 2.24) is 5.32 Å². The van der Waals surface area contributed by atoms with Gasteiger partial charge in [-0.25, -0.2) is 4.79 Å². The first kappa shape index (κ1) is 7.01. The molecule has 44 valence electrons. The van der Waals surface area contributed by atoms with Crippen molar-refractivity contribution in [3.8, 4) is 0 Å². The first-order chi connectivity index (χ1) is 3.72. The molecule has 0 saturated heterocycles. The van der Waals surface area contributed by atoms with E-state index in [1.54, 1.807) is 0 Å². The zero-order valence-electron chi connectivity index (χ0n) is 4.60. The summed E-state index contributed by atoms with van der Waals surface area (Å²) >= 11 is 0. The fraction of sp³-hybridized carbons (Fsp3) is 0.200. The van der Waals surface area contributed by atoms with E-state index in [4.69, 9.17) is 7.05 Å². The molecule has 2 radical (unpaired) electrons. The van der Waals surface area contributed by atoms with Crippen LogP contribution in [0.15, 0.2) is 12.3 Å². The lowest BCUT2D eigenvalue weighted by Gasteiger charge is -1.98. The van der Waals surface area contributed by atoms with E-state index in [0.717, 1.165) is 0 Å². The van der Waals surface area contributed by atoms with E-state index in [0.29, 0.717) is 0 Å². The molecule has 0 fully saturated rings. The van der Waals surface area contributed by atoms with Crippen molar-refractivity contribution in [3.05, 3.63) is 19.3 Å². The van der Waals surface area contributed by atoms with E-state index in [2.05, 4.69) is 11.3 Å². The molecule has 0 heterocycles. The van der Waals surface area contributed by atoms with Gasteiger partial charge in [-0.2, -0.15) is 0 Å². The Hall–Kier alpha value is -0.990. The maximum absolute atomic E-state index is 10.3. The lowest BCUT2D eigenvalue weighted by molar-refractivity contribution is -0.136. The third-order valence-electron chi connectivity index (χ3n) is 0.606. The molecule has 0 aromatic heterocycles. The van der Waals surface area contributed by atoms with Crippen molar-refractivity contribution in [3.63, 3.8) is 0 Å². The van der Waals surface area contributed by atoms with Crippen LogP contribution >= 0.6 is 0 Å². The van der Waals surface area contributed by atoms with Crippen LogP contribution in [0.1, 0.15) is 0 Å². The molecule has 1 N–H and O–H groups in total. The minimum Gasteiger partial charge on any atom is -0.464 e. The molecule has 3 nitrogen and oxygen atoms in total. The van der Waals surface area contributed by atoms with Crippen molar-refractivity contribution in [2.45, 2.75) is 0 Å². The van der Waals surface area contributed by atoms with Crippen LogP contribution in [-0.2, 0) is 9.53 Å². The zero-order chi connectivity index (χ0) is 6.57. The quantitative estimate of drug-likeness (QED) is 0.309. The van der Waals surface area contributed by atoms with Crippen LogP contribution in [0.5, 0.6) is 0 Å². The first-order valence-electron chi connectivity index (χ1n) is 1.96. The van der Waals surface area contributed by atoms with Gasteiger partial charge in [0.15, 0.2) is 0 Å². The molecule has 0 saturated carbocycles. The third kappa shape index (κ3) is 1.64. The monoisotopic (exact) mass is 113 g/mol. The topological polar surface area (TPSA) is 38.3 Å². The summed E-state index contributed by atoms with van der Waals surface area (Å²) in [5, 5.41) is 2.05. The molecule has 0 bridgehead atoms. The van der Waals surface area contributed by atoms with Crippen molar-refractivity contribution in [2.75, 3.05) is 7.11 Å². The molecule has 0 aliphatic heterocycles. The fourth-order valence-electron chi connectivity index (χ4n) is 0.182. The van der Waals surface area contributed by atoms with Gasteiger partial charge in [0.2, 0.25) is 0 Å². The molecule has 8 heavy (non-hydrogen) atoms. The number of hydrogen-bond acceptors (Lipinski definition) is 3. The highest BCUT2D eigenvalue weighted by atomic mass is 16.5. The Morgan fingerprint density at radius 1 is 1.88 bits per heavy atom. The summed E-state index contributed by atoms with van der Waals surface area (Å²) in [5.74, 6) is -0.549. The molecule has 0 rings (SSSR count). The smallest absolute Gasteiger partial charge is 0.353 e. The number of carbonyl (C=O) groups is 1. The standard InChI is InChI=1S/C5H7NO2/c1-4(6-2)5(7)8-3/h2,6H,1H2,3H3. The molecule has 0 aromatic rings. The highest BCUT2D eigenvalue weighted by Gasteiger charge is 2.00. The summed E-state index contributed by atoms with van der Waals surface area (Å²) < 4.78 is 4.22. The van der Waals surface area contributed by atoms with Gasteiger partial charge in [0.1, 0.15) is 5.70 Å². The molecule has 0 unspecified atom stereocenters. The minimum absolute atomic E-state index is 0.0486. The molecule has 0 amide bonds. The van der Waals surface area contributed by atoms with E-state index in [9.17, 15) is 4.79 Å². The number of ether oxygens (including phenoxy) is 1. The van der Waals surface area contributed by atoms with E-state index in [-0.39, 0.29) is 5.70 Å². The summed E-state index contributed by atoms with van der Waals surface area (Å²) in [7, 11) is 6.05. The Labute approximate surface area is 48.3 Å². The maximum atomic E-state index is 10.3. The van der Waals surface area contributed by atoms with Crippen LogP contribution in [0.25, 0.3) is 0 Å². The van der Waals surface area contributed by atoms with Crippen LogP contribution < -0.4 is 5.32 Å². The van der Waals surface area contributed by atoms with Crippen molar-refractivity contribution in [2.24, 2.45) is 0 Å². The molecule has 0 atom stereocenters. The number of methoxy groups -OCH3 is 1. The predicted octanol–water partition coefficient (Wildman–Crippen LogP) is -0.0687. The van der Waals surface area contributed by atoms with E-state index in [1.807, 2.05) is 5.32 Å². The van der Waals surface area contributed by atoms with E-state index >= 15 is 0 Å². The lowest BCUT2D eigenvalue weighted by atomic mass is 10.5. The number of esters is 1. The van der Waals surface area contributed by atoms with Gasteiger partial charge in [-0.1, -0.05) is 6.58 Å². The van der Waals surface area contributed by atoms with Gasteiger partial charge in [0, 0.05) is 0 Å². The van der Waals surface area contributed by atoms with Crippen molar-refractivity contribution >= 4 is 5.97 Å². The summed E-state index contributed by atoms with van der Waals surface area (Å²) in [5.41, 5.74) is 0.0486. The average molecular weight is 113 g/mol. The van der Waals surface area contributed by atoms with Crippen LogP contribution in [0.4, 0.5) is 0 Å². The van der Waals surface area contributed by atoms with Gasteiger partial charge < -0.3 is 10.1 Å². The molecule has 0 aromatic carbocycles. The second-order valence-corrected chi connectivity index (χ2v) is 1.11. The average Bonchev–Trinajstić information content (AvgIpc) is 1.84. The van der Waals surface area contributed by atoms with Gasteiger partial charge in [0.05, 0.1) is 14.2 Å². The Morgan fingerprint density at radius 2 is 2.38 bits per heavy atom. The number of hydrogen-bond donors (Lipinski definition) is 1. The molecule has 0 aliphatic carbocycles. The maximum Gasteiger partial charge on any atom is 0.353 e. The molecular weight excluding hydrogens is 106 g/mol. The van der Waals surface area contributed by atoms with E-state index < -0.39 is 5.97 Å². The normalized spacial score (nSPS) is 7.75. The van der Waals surface area contributed by atoms with Crippen LogP contribution in [0.3, 0.4) is 0 Å². The summed E-state index contributed by atoms with van der Waals surface area (Å²) in [6.45, 7) is 3.23. The minimum atomic E-state index is -0.549. The predicted molar refractivity (Wildman–Crippen MR) is 28.6 cm³/mol. The third-order valence-corrected chi connectivity index (χ3v) is 0.606. The van der Waals surface area contributed by atoms with Gasteiger partial charge in [0.25, 0.3) is 0 Å². The van der Waals surface area contributed by atoms with Gasteiger partial charge >= 0.3 is 5.97 Å². The van der Waals surface area contributed by atoms with Crippen LogP contribution in [-0.4, -0.2) is 13.1 Å². The Morgan fingerprint density at radius 3 is 2.50 bits per heavy atom. The number of carbonyl (C=O) groups excluding carboxylic acids is 1. The Kier molecular flexibility index (Phi) is 2.69. The van der Waals surface area contributed by atoms with Crippen molar-refractivity contribution in [1.29, 1.82) is 0 Å². The first-order valence-corrected chi connectivity index (χ1v) is 1.96. The van der Waals surface area contributed by atoms with E-state index in [1.165, 1.54) is 7.11 Å². The summed E-state index contributed by atoms with van der Waals surface area (Å²) in [4.78, 5) is 10.3. The highest BCUT2D eigenvalue weighted by molar-refractivity contribution is 5.86. The summed E-state index contributed by atoms with van der Waals surface area (Å²) in [6.07, 6.45) is 0. The SMILES string of the molecule is [CH]NC(=C)C(=O)OC. The fourth-order valence-corrected chi connectivity index (χ4v) is 0.182. The summed E-state index contributed by atoms with van der Waals surface area (Å²) in [6, 6.07) is 0. The second-order valence-electron chi connectivity index (χ2n) is 1.11. The van der Waals surface area contributed by atoms with Gasteiger partial charge in [-0.15, -0.1) is 0 Å². The van der Waals surface area contributed by atoms with Crippen LogP contribution in [0, 0.1) is 7.05 Å². The van der Waals surface area contributed by atoms with Gasteiger partial charge in [-0.05, 0) is 0 Å². The molecule has 3 heteroatoms. The highest BCUT2D eigenvalue weighted by Crippen LogP contribution is 1.84. The Balaban J connectivity index is 3.64. The zero-order valence-corrected chi connectivity index (χ0v) is 4.60. The largest absolute Gasteiger partial charge is 0.464 e. The second kappa shape index (κ2) is 3.07. The molecule has 0 aliphatic rings. The van der Waals surface area contributed by atoms with Crippen molar-refractivity contribution < 1.29 is 9.53 Å². The molecular formula is C5H7NO2.